The van der Waals surface area contributed by atoms with Crippen molar-refractivity contribution in [3.05, 3.63) is 169 Å². The fraction of sp³-hybridized carbons (Fsp3) is 0.0769. The third-order valence-electron chi connectivity index (χ3n) is 8.39. The van der Waals surface area contributed by atoms with E-state index in [4.69, 9.17) is 16.5 Å². The van der Waals surface area contributed by atoms with Crippen LogP contribution in [0, 0.1) is 0 Å². The molecule has 6 aromatic rings. The van der Waals surface area contributed by atoms with E-state index >= 15 is 0 Å². The molecule has 0 radical (unpaired) electrons. The van der Waals surface area contributed by atoms with Crippen molar-refractivity contribution in [2.24, 2.45) is 0 Å². The van der Waals surface area contributed by atoms with E-state index in [1.165, 1.54) is 37.6 Å². The fourth-order valence-electron chi connectivity index (χ4n) is 6.20. The minimum atomic E-state index is -2.45. The van der Waals surface area contributed by atoms with Gasteiger partial charge in [0.2, 0.25) is 0 Å². The van der Waals surface area contributed by atoms with Gasteiger partial charge in [0.25, 0.3) is 0 Å². The lowest BCUT2D eigenvalue weighted by atomic mass is 9.76. The summed E-state index contributed by atoms with van der Waals surface area (Å²) in [7, 11) is -0.859. The summed E-state index contributed by atoms with van der Waals surface area (Å²) >= 11 is 6.83. The molecule has 0 atom stereocenters. The zero-order valence-corrected chi connectivity index (χ0v) is 26.8. The molecule has 210 valence electrons. The van der Waals surface area contributed by atoms with Crippen LogP contribution in [0.2, 0.25) is 0 Å². The molecule has 0 N–H and O–H groups in total. The van der Waals surface area contributed by atoms with Crippen molar-refractivity contribution in [2.75, 3.05) is 0 Å². The second kappa shape index (κ2) is 11.4. The van der Waals surface area contributed by atoms with E-state index in [1.54, 1.807) is 0 Å². The standard InChI is InChI=1S/C39H32OP2S/c1-39(2)33-25-15-27-35(41(29-17-7-3-8-18-29)30-19-9-4-10-20-30)37(33)40-38-34(39)26-16-28-36(38)42(43,31-21-11-5-12-22-31)32-23-13-6-14-24-32/h3-28H,1-2H3. The Bertz CT molecular complexity index is 1860. The van der Waals surface area contributed by atoms with Crippen molar-refractivity contribution in [1.29, 1.82) is 0 Å². The Morgan fingerprint density at radius 1 is 0.512 bits per heavy atom. The summed E-state index contributed by atoms with van der Waals surface area (Å²) in [6, 6.07) is 53.8. The van der Waals surface area contributed by atoms with E-state index in [0.717, 1.165) is 16.8 Å². The van der Waals surface area contributed by atoms with E-state index < -0.39 is 14.0 Å². The Kier molecular flexibility index (Phi) is 7.40. The van der Waals surface area contributed by atoms with Crippen LogP contribution in [-0.2, 0) is 17.2 Å². The van der Waals surface area contributed by atoms with Crippen LogP contribution in [0.15, 0.2) is 158 Å². The van der Waals surface area contributed by atoms with Gasteiger partial charge in [-0.2, -0.15) is 0 Å². The zero-order valence-electron chi connectivity index (χ0n) is 24.2. The first kappa shape index (κ1) is 28.0. The molecule has 0 aromatic heterocycles. The molecule has 4 heteroatoms. The van der Waals surface area contributed by atoms with Gasteiger partial charge in [0.1, 0.15) is 11.5 Å². The van der Waals surface area contributed by atoms with Crippen LogP contribution in [0.1, 0.15) is 25.0 Å². The Morgan fingerprint density at radius 3 is 1.47 bits per heavy atom. The summed E-state index contributed by atoms with van der Waals surface area (Å²) in [5.74, 6) is 1.88. The average molecular weight is 611 g/mol. The number of ether oxygens (including phenoxy) is 1. The van der Waals surface area contributed by atoms with Gasteiger partial charge in [-0.05, 0) is 35.2 Å². The summed E-state index contributed by atoms with van der Waals surface area (Å²) in [5, 5.41) is 7.27. The number of benzene rings is 6. The minimum Gasteiger partial charge on any atom is -0.455 e. The topological polar surface area (TPSA) is 9.23 Å². The van der Waals surface area contributed by atoms with Gasteiger partial charge in [-0.1, -0.05) is 177 Å². The average Bonchev–Trinajstić information content (AvgIpc) is 3.06. The summed E-state index contributed by atoms with van der Waals surface area (Å²) < 4.78 is 7.27. The van der Waals surface area contributed by atoms with Crippen molar-refractivity contribution in [2.45, 2.75) is 19.3 Å². The van der Waals surface area contributed by atoms with Gasteiger partial charge in [-0.3, -0.25) is 0 Å². The van der Waals surface area contributed by atoms with Gasteiger partial charge in [0.05, 0.1) is 0 Å². The van der Waals surface area contributed by atoms with Gasteiger partial charge in [0.15, 0.2) is 0 Å². The molecule has 1 heterocycles. The van der Waals surface area contributed by atoms with E-state index in [-0.39, 0.29) is 5.41 Å². The predicted molar refractivity (Wildman–Crippen MR) is 190 cm³/mol. The van der Waals surface area contributed by atoms with E-state index in [2.05, 4.69) is 172 Å². The van der Waals surface area contributed by atoms with Gasteiger partial charge in [0, 0.05) is 33.2 Å². The molecule has 7 rings (SSSR count). The lowest BCUT2D eigenvalue weighted by molar-refractivity contribution is 0.425. The van der Waals surface area contributed by atoms with Crippen molar-refractivity contribution in [3.63, 3.8) is 0 Å². The molecular formula is C39H32OP2S. The summed E-state index contributed by atoms with van der Waals surface area (Å²) in [6.07, 6.45) is 0. The molecule has 1 aliphatic heterocycles. The number of hydrogen-bond donors (Lipinski definition) is 0. The predicted octanol–water partition coefficient (Wildman–Crippen LogP) is 7.63. The highest BCUT2D eigenvalue weighted by Gasteiger charge is 2.40. The van der Waals surface area contributed by atoms with E-state index in [9.17, 15) is 0 Å². The van der Waals surface area contributed by atoms with Crippen LogP contribution in [0.4, 0.5) is 0 Å². The molecule has 0 fully saturated rings. The second-order valence-electron chi connectivity index (χ2n) is 11.3. The molecule has 0 saturated heterocycles. The Morgan fingerprint density at radius 2 is 0.953 bits per heavy atom. The molecule has 0 saturated carbocycles. The summed E-state index contributed by atoms with van der Waals surface area (Å²) in [4.78, 5) is 0. The van der Waals surface area contributed by atoms with E-state index in [0.29, 0.717) is 0 Å². The zero-order chi connectivity index (χ0) is 29.4. The highest BCUT2D eigenvalue weighted by atomic mass is 32.4. The maximum Gasteiger partial charge on any atom is 0.140 e. The molecule has 0 aliphatic carbocycles. The monoisotopic (exact) mass is 610 g/mol. The van der Waals surface area contributed by atoms with Crippen LogP contribution >= 0.6 is 14.0 Å². The molecule has 0 amide bonds. The number of fused-ring (bicyclic) bond motifs is 2. The van der Waals surface area contributed by atoms with Crippen LogP contribution in [0.25, 0.3) is 0 Å². The third kappa shape index (κ3) is 4.79. The first-order chi connectivity index (χ1) is 21.0. The highest BCUT2D eigenvalue weighted by molar-refractivity contribution is 8.25. The van der Waals surface area contributed by atoms with Crippen molar-refractivity contribution in [1.82, 2.24) is 0 Å². The maximum atomic E-state index is 7.27. The molecule has 43 heavy (non-hydrogen) atoms. The molecule has 0 spiro atoms. The Balaban J connectivity index is 1.48. The minimum absolute atomic E-state index is 0.281. The molecule has 1 aliphatic rings. The van der Waals surface area contributed by atoms with Gasteiger partial charge in [-0.15, -0.1) is 0 Å². The van der Waals surface area contributed by atoms with Crippen LogP contribution < -0.4 is 36.6 Å². The van der Waals surface area contributed by atoms with Crippen molar-refractivity contribution in [3.8, 4) is 11.5 Å². The fourth-order valence-corrected chi connectivity index (χ4v) is 12.6. The molecular weight excluding hydrogens is 578 g/mol. The lowest BCUT2D eigenvalue weighted by Crippen LogP contribution is -2.33. The van der Waals surface area contributed by atoms with Crippen molar-refractivity contribution < 1.29 is 4.74 Å². The normalized spacial score (nSPS) is 13.6. The number of hydrogen-bond acceptors (Lipinski definition) is 2. The highest BCUT2D eigenvalue weighted by Crippen LogP contribution is 2.54. The lowest BCUT2D eigenvalue weighted by Gasteiger charge is -2.39. The largest absolute Gasteiger partial charge is 0.455 e. The molecule has 1 nitrogen and oxygen atoms in total. The second-order valence-corrected chi connectivity index (χ2v) is 17.9. The van der Waals surface area contributed by atoms with Gasteiger partial charge in [-0.25, -0.2) is 0 Å². The Labute approximate surface area is 261 Å². The van der Waals surface area contributed by atoms with Crippen LogP contribution in [0.3, 0.4) is 0 Å². The van der Waals surface area contributed by atoms with Crippen LogP contribution in [-0.4, -0.2) is 0 Å². The molecule has 6 aromatic carbocycles. The summed E-state index contributed by atoms with van der Waals surface area (Å²) in [5.41, 5.74) is 2.11. The van der Waals surface area contributed by atoms with Crippen LogP contribution in [0.5, 0.6) is 11.5 Å². The number of rotatable bonds is 6. The Hall–Kier alpha value is -3.80. The van der Waals surface area contributed by atoms with E-state index in [1.807, 2.05) is 0 Å². The SMILES string of the molecule is CC1(C)c2cccc(P(c3ccccc3)c3ccccc3)c2Oc2c1cccc2P(=S)(c1ccccc1)c1ccccc1. The third-order valence-corrected chi connectivity index (χ3v) is 15.8. The quantitative estimate of drug-likeness (QED) is 0.179. The first-order valence-electron chi connectivity index (χ1n) is 14.6. The molecule has 0 unspecified atom stereocenters. The first-order valence-corrected chi connectivity index (χ1v) is 18.7. The number of para-hydroxylation sites is 2. The summed E-state index contributed by atoms with van der Waals surface area (Å²) in [6.45, 7) is 4.64. The maximum absolute atomic E-state index is 7.27. The van der Waals surface area contributed by atoms with Crippen molar-refractivity contribution >= 4 is 57.6 Å². The van der Waals surface area contributed by atoms with Gasteiger partial charge < -0.3 is 4.74 Å². The molecule has 0 bridgehead atoms. The van der Waals surface area contributed by atoms with Gasteiger partial charge >= 0.3 is 0 Å². The smallest absolute Gasteiger partial charge is 0.140 e.